The zero-order valence-corrected chi connectivity index (χ0v) is 68.3. The average Bonchev–Trinajstić information content (AvgIpc) is 1.71. The number of aromatic nitrogens is 12. The summed E-state index contributed by atoms with van der Waals surface area (Å²) in [4.78, 5) is 123. The fourth-order valence-electron chi connectivity index (χ4n) is 13.3. The van der Waals surface area contributed by atoms with E-state index in [0.717, 1.165) is 0 Å². The van der Waals surface area contributed by atoms with Crippen LogP contribution in [0.4, 0.5) is 23.3 Å². The number of ether oxygens (including phenoxy) is 4. The summed E-state index contributed by atoms with van der Waals surface area (Å²) in [5, 5.41) is 14.5. The largest absolute Gasteiger partial charge is 0.352 e. The van der Waals surface area contributed by atoms with Gasteiger partial charge in [0.1, 0.15) is 49.2 Å². The van der Waals surface area contributed by atoms with E-state index < -0.39 is 52.5 Å². The number of carbonyl (C=O) groups excluding carboxylic acids is 6. The summed E-state index contributed by atoms with van der Waals surface area (Å²) in [6.07, 6.45) is 5.96. The summed E-state index contributed by atoms with van der Waals surface area (Å²) in [6.45, 7) is 13.9. The predicted molar refractivity (Wildman–Crippen MR) is 427 cm³/mol. The number of hydrogen-bond donors (Lipinski definition) is 5. The minimum atomic E-state index is -3.66. The molecule has 0 saturated carbocycles. The van der Waals surface area contributed by atoms with Crippen molar-refractivity contribution < 1.29 is 65.9 Å². The first-order chi connectivity index (χ1) is 53.3. The van der Waals surface area contributed by atoms with Gasteiger partial charge in [-0.15, -0.1) is 0 Å². The topological polar surface area (TPSA) is 416 Å². The molecule has 0 bridgehead atoms. The molecule has 606 valence electrons. The van der Waals surface area contributed by atoms with Gasteiger partial charge in [-0.1, -0.05) is 77.9 Å². The molecule has 0 unspecified atom stereocenters. The van der Waals surface area contributed by atoms with Crippen molar-refractivity contribution in [1.82, 2.24) is 97.7 Å². The number of ketones is 2. The second kappa shape index (κ2) is 36.8. The second-order valence-electron chi connectivity index (χ2n) is 28.5. The van der Waals surface area contributed by atoms with Gasteiger partial charge in [-0.2, -0.15) is 27.0 Å². The maximum absolute atomic E-state index is 15.0. The van der Waals surface area contributed by atoms with Gasteiger partial charge in [-0.3, -0.25) is 61.1 Å². The summed E-state index contributed by atoms with van der Waals surface area (Å²) in [7, 11) is 1.47. The normalized spacial score (nSPS) is 22.7. The van der Waals surface area contributed by atoms with Crippen molar-refractivity contribution in [2.75, 3.05) is 111 Å². The highest BCUT2D eigenvalue weighted by Gasteiger charge is 2.46. The monoisotopic (exact) mass is 1630 g/mol. The Bertz CT molecular complexity index is 4930. The zero-order valence-electron chi connectivity index (χ0n) is 64.5. The number of likely N-dealkylation sites (N-methyl/N-ethyl adjacent to an activating group) is 1. The van der Waals surface area contributed by atoms with Crippen molar-refractivity contribution in [1.29, 1.82) is 0 Å². The van der Waals surface area contributed by atoms with Gasteiger partial charge in [0.05, 0.1) is 88.9 Å². The first kappa shape index (κ1) is 85.1. The van der Waals surface area contributed by atoms with Crippen LogP contribution in [0.5, 0.6) is 0 Å². The molecule has 12 heterocycles. The van der Waals surface area contributed by atoms with Crippen LogP contribution in [0.25, 0.3) is 22.3 Å². The summed E-state index contributed by atoms with van der Waals surface area (Å²) in [5.74, 6) is -0.530. The Morgan fingerprint density at radius 1 is 0.513 bits per heavy atom. The van der Waals surface area contributed by atoms with Crippen LogP contribution in [0.15, 0.2) is 109 Å². The molecule has 4 saturated heterocycles. The third-order valence-corrected chi connectivity index (χ3v) is 24.5. The number of carbonyl (C=O) groups is 6. The molecule has 0 spiro atoms. The number of amides is 4. The fraction of sp³-hybridized carbons (Fsp3) is 0.493. The van der Waals surface area contributed by atoms with Crippen molar-refractivity contribution in [3.8, 4) is 0 Å². The van der Waals surface area contributed by atoms with Gasteiger partial charge in [0.2, 0.25) is 11.8 Å². The third-order valence-electron chi connectivity index (χ3n) is 19.4. The molecule has 5 N–H and O–H groups in total. The molecule has 113 heavy (non-hydrogen) atoms. The quantitative estimate of drug-likeness (QED) is 0.0432. The number of aliphatic imine (C=N–C) groups is 2. The molecule has 6 aliphatic rings. The number of fused-ring (bicyclic) bond motifs is 4. The van der Waals surface area contributed by atoms with E-state index in [1.54, 1.807) is 149 Å². The smallest absolute Gasteiger partial charge is 0.345 e. The van der Waals surface area contributed by atoms with Crippen LogP contribution in [0.1, 0.15) is 134 Å². The first-order valence-electron chi connectivity index (χ1n) is 36.7. The number of imidazole rings is 4. The summed E-state index contributed by atoms with van der Waals surface area (Å²) >= 11 is 0. The number of nitrogens with one attached hydrogen (secondary N) is 5. The van der Waals surface area contributed by atoms with Crippen molar-refractivity contribution in [3.63, 3.8) is 0 Å². The second-order valence-corrected chi connectivity index (χ2v) is 33.8. The lowest BCUT2D eigenvalue weighted by Crippen LogP contribution is -2.47. The van der Waals surface area contributed by atoms with Gasteiger partial charge in [0.25, 0.3) is 11.8 Å². The van der Waals surface area contributed by atoms with Gasteiger partial charge in [-0.25, -0.2) is 68.5 Å². The summed E-state index contributed by atoms with van der Waals surface area (Å²) < 4.78 is 82.1. The van der Waals surface area contributed by atoms with E-state index in [1.807, 2.05) is 37.7 Å². The van der Waals surface area contributed by atoms with Crippen molar-refractivity contribution in [3.05, 3.63) is 121 Å². The number of amidine groups is 2. The Hall–Kier alpha value is -8.80. The molecule has 14 rings (SSSR count). The number of rotatable bonds is 22. The maximum Gasteiger partial charge on any atom is 0.345 e. The van der Waals surface area contributed by atoms with Crippen LogP contribution in [0.2, 0.25) is 0 Å². The molecule has 0 radical (unpaired) electrons. The molecule has 6 aromatic heterocycles. The van der Waals surface area contributed by atoms with E-state index in [2.05, 4.69) is 81.3 Å². The number of morpholine rings is 4. The van der Waals surface area contributed by atoms with E-state index in [0.29, 0.717) is 97.2 Å². The van der Waals surface area contributed by atoms with E-state index in [4.69, 9.17) is 28.0 Å². The van der Waals surface area contributed by atoms with Gasteiger partial charge in [0.15, 0.2) is 68.6 Å². The highest BCUT2D eigenvalue weighted by molar-refractivity contribution is 7.59. The highest BCUT2D eigenvalue weighted by Crippen LogP contribution is 2.56. The van der Waals surface area contributed by atoms with Gasteiger partial charge in [0, 0.05) is 62.2 Å². The SMILES string of the molecule is CC[C@@H]1CN([P@@](=O)(OC[C@@H]2CN(C)C[C@H](n3cnc4c3N=C(NC(=O)C(C)C)CC4=O)O2)N(C)C)C[C@H](n2cnc3c(NC(=O)c4ccccc4)ncnc32)O1.CC[C@@H]1CN([P@@](=O)(OC[C@@H]2CNC[C@H](n3cnc4c3N=C(NC(=O)C(C)C)CC4=O)O2)N(C)C)C[C@H](n2cnc3c(NC(=O)c4ccccc4)ncnc32)O1.S.S. The van der Waals surface area contributed by atoms with E-state index in [9.17, 15) is 37.9 Å². The Labute approximate surface area is 666 Å². The fourth-order valence-corrected chi connectivity index (χ4v) is 17.3. The molecule has 6 aliphatic heterocycles. The number of benzene rings is 2. The standard InChI is InChI=1S/C36H47N12O7P.C35H45N12O7P.2H2S/c1-7-24-15-46(17-29(54-24)47-21-40-31-32(37-19-38-33(31)47)43-36(51)23-11-9-8-10-12-23)56(52,44(4)5)53-18-25-14-45(6)16-28(55-25)48-20-39-30-26(49)13-27(41-34(30)48)42-35(50)22(2)3;1-6-23-15-45(16-28(53-23)47-20-40-30-31(37-18-38-32(30)47)43-35(50)22-10-8-7-9-11-22)55(51,44(4)5)52-17-24-13-36-14-27(54-24)46-19-39-29-25(48)12-26(41-33(29)46)42-34(49)21(2)3;;/h8-12,19-22,24-25,28-29H,7,13-18H2,1-6H3,(H,41,42,50)(H,37,38,43,51);7-11,18-21,23-24,27-28,36H,6,12-17H2,1-5H3,(H,41,42,49)(H,37,38,43,50);2*1H2/t24-,25+,28-,29-,56+;23-,24+,27-,28-,55+;;/m11../s1. The Kier molecular flexibility index (Phi) is 27.7. The number of Topliss-reactive ketones (excluding diaryl/α,β-unsaturated/α-hetero) is 2. The van der Waals surface area contributed by atoms with E-state index >= 15 is 0 Å². The highest BCUT2D eigenvalue weighted by atomic mass is 32.1. The molecule has 4 fully saturated rings. The number of hydrogen-bond acceptors (Lipinski definition) is 26. The van der Waals surface area contributed by atoms with Crippen molar-refractivity contribution in [2.24, 2.45) is 21.8 Å². The maximum atomic E-state index is 15.0. The molecule has 8 aromatic rings. The lowest BCUT2D eigenvalue weighted by molar-refractivity contribution is -0.129. The molecule has 10 atom stereocenters. The molecular weight excluding hydrogens is 1540 g/mol. The number of nitrogens with zero attached hydrogens (tertiary/aromatic N) is 19. The predicted octanol–water partition coefficient (Wildman–Crippen LogP) is 6.86. The summed E-state index contributed by atoms with van der Waals surface area (Å²) in [6, 6.07) is 17.6. The van der Waals surface area contributed by atoms with Gasteiger partial charge < -0.3 is 54.6 Å². The lowest BCUT2D eigenvalue weighted by atomic mass is 10.1. The number of anilines is 2. The van der Waals surface area contributed by atoms with E-state index in [-0.39, 0.29) is 160 Å². The van der Waals surface area contributed by atoms with Gasteiger partial charge in [-0.05, 0) is 72.3 Å². The van der Waals surface area contributed by atoms with Crippen LogP contribution in [0, 0.1) is 11.8 Å². The molecular formula is C71H96N24O14P2S2. The lowest BCUT2D eigenvalue weighted by Gasteiger charge is -2.43. The van der Waals surface area contributed by atoms with Crippen LogP contribution in [-0.2, 0) is 46.7 Å². The molecule has 0 aliphatic carbocycles. The molecule has 4 amide bonds. The molecule has 2 aromatic carbocycles. The van der Waals surface area contributed by atoms with Crippen molar-refractivity contribution in [2.45, 2.75) is 117 Å². The molecule has 42 heteroatoms. The Morgan fingerprint density at radius 2 is 0.920 bits per heavy atom. The van der Waals surface area contributed by atoms with Crippen LogP contribution in [-0.4, -0.2) is 254 Å². The average molecular weight is 1640 g/mol. The summed E-state index contributed by atoms with van der Waals surface area (Å²) in [5.41, 5.74) is 3.03. The minimum absolute atomic E-state index is 0. The third kappa shape index (κ3) is 18.8. The van der Waals surface area contributed by atoms with E-state index in [1.165, 1.54) is 25.3 Å². The zero-order chi connectivity index (χ0) is 78.6. The van der Waals surface area contributed by atoms with Crippen LogP contribution < -0.4 is 26.6 Å². The molecule has 38 nitrogen and oxygen atoms in total. The Morgan fingerprint density at radius 3 is 1.35 bits per heavy atom. The van der Waals surface area contributed by atoms with Crippen LogP contribution in [0.3, 0.4) is 0 Å². The van der Waals surface area contributed by atoms with Gasteiger partial charge >= 0.3 is 15.3 Å². The first-order valence-corrected chi connectivity index (χ1v) is 39.8. The van der Waals surface area contributed by atoms with Crippen LogP contribution >= 0.6 is 42.3 Å². The Balaban J connectivity index is 0.000000219. The minimum Gasteiger partial charge on any atom is -0.352 e. The van der Waals surface area contributed by atoms with Crippen molar-refractivity contribution >= 4 is 135 Å².